The molecule has 6 heteroatoms. The highest BCUT2D eigenvalue weighted by atomic mass is 79.9. The van der Waals surface area contributed by atoms with E-state index in [-0.39, 0.29) is 11.4 Å². The minimum atomic E-state index is -0.444. The second-order valence-corrected chi connectivity index (χ2v) is 5.75. The summed E-state index contributed by atoms with van der Waals surface area (Å²) in [6, 6.07) is 14.1. The van der Waals surface area contributed by atoms with Gasteiger partial charge in [0.25, 0.3) is 11.8 Å². The molecule has 3 aromatic rings. The smallest absolute Gasteiger partial charge is 0.266 e. The molecule has 0 spiro atoms. The SMILES string of the molecule is O=C1c2nc3ccc(Br)cc3nc2C(=O)N1c1ccccc1. The van der Waals surface area contributed by atoms with Gasteiger partial charge in [0, 0.05) is 4.47 Å². The lowest BCUT2D eigenvalue weighted by molar-refractivity contribution is 0.0923. The summed E-state index contributed by atoms with van der Waals surface area (Å²) in [5, 5.41) is 0. The molecule has 0 aliphatic carbocycles. The topological polar surface area (TPSA) is 63.2 Å². The maximum Gasteiger partial charge on any atom is 0.286 e. The molecule has 22 heavy (non-hydrogen) atoms. The van der Waals surface area contributed by atoms with E-state index < -0.39 is 11.8 Å². The summed E-state index contributed by atoms with van der Waals surface area (Å²) < 4.78 is 0.839. The van der Waals surface area contributed by atoms with E-state index in [1.165, 1.54) is 0 Å². The van der Waals surface area contributed by atoms with Gasteiger partial charge in [-0.15, -0.1) is 0 Å². The molecule has 0 saturated heterocycles. The highest BCUT2D eigenvalue weighted by Crippen LogP contribution is 2.28. The van der Waals surface area contributed by atoms with Crippen LogP contribution >= 0.6 is 15.9 Å². The van der Waals surface area contributed by atoms with Crippen molar-refractivity contribution in [3.05, 3.63) is 64.4 Å². The van der Waals surface area contributed by atoms with E-state index in [9.17, 15) is 9.59 Å². The van der Waals surface area contributed by atoms with Crippen molar-refractivity contribution < 1.29 is 9.59 Å². The van der Waals surface area contributed by atoms with Gasteiger partial charge in [0.1, 0.15) is 0 Å². The second-order valence-electron chi connectivity index (χ2n) is 4.84. The Labute approximate surface area is 133 Å². The molecule has 2 heterocycles. The number of hydrogen-bond donors (Lipinski definition) is 0. The molecule has 1 aliphatic rings. The van der Waals surface area contributed by atoms with E-state index in [0.717, 1.165) is 9.37 Å². The molecule has 4 rings (SSSR count). The minimum absolute atomic E-state index is 0.0967. The van der Waals surface area contributed by atoms with Gasteiger partial charge < -0.3 is 0 Å². The highest BCUT2D eigenvalue weighted by molar-refractivity contribution is 9.10. The number of imide groups is 1. The predicted octanol–water partition coefficient (Wildman–Crippen LogP) is 3.19. The molecule has 0 unspecified atom stereocenters. The van der Waals surface area contributed by atoms with Crippen LogP contribution in [-0.2, 0) is 0 Å². The first-order valence-corrected chi connectivity index (χ1v) is 7.35. The van der Waals surface area contributed by atoms with E-state index in [1.807, 2.05) is 12.1 Å². The van der Waals surface area contributed by atoms with Crippen LogP contribution in [-0.4, -0.2) is 21.8 Å². The van der Waals surface area contributed by atoms with E-state index in [4.69, 9.17) is 0 Å². The standard InChI is InChI=1S/C16H8BrN3O2/c17-9-6-7-11-12(8-9)19-14-13(18-11)15(21)20(16(14)22)10-4-2-1-3-5-10/h1-8H. The lowest BCUT2D eigenvalue weighted by Gasteiger charge is -2.12. The van der Waals surface area contributed by atoms with Gasteiger partial charge in [0.05, 0.1) is 16.7 Å². The molecule has 1 aliphatic heterocycles. The van der Waals surface area contributed by atoms with Crippen molar-refractivity contribution in [2.75, 3.05) is 4.90 Å². The number of carbonyl (C=O) groups excluding carboxylic acids is 2. The molecular weight excluding hydrogens is 346 g/mol. The third-order valence-corrected chi connectivity index (χ3v) is 3.95. The Kier molecular flexibility index (Phi) is 2.80. The monoisotopic (exact) mass is 353 g/mol. The molecule has 1 aromatic heterocycles. The van der Waals surface area contributed by atoms with Crippen LogP contribution in [0.5, 0.6) is 0 Å². The van der Waals surface area contributed by atoms with E-state index in [0.29, 0.717) is 16.7 Å². The molecule has 5 nitrogen and oxygen atoms in total. The summed E-state index contributed by atoms with van der Waals surface area (Å²) in [6.07, 6.45) is 0. The third-order valence-electron chi connectivity index (χ3n) is 3.45. The summed E-state index contributed by atoms with van der Waals surface area (Å²) in [7, 11) is 0. The van der Waals surface area contributed by atoms with Gasteiger partial charge in [-0.25, -0.2) is 14.9 Å². The van der Waals surface area contributed by atoms with Crippen molar-refractivity contribution in [2.24, 2.45) is 0 Å². The quantitative estimate of drug-likeness (QED) is 0.630. The maximum absolute atomic E-state index is 12.5. The Balaban J connectivity index is 1.91. The van der Waals surface area contributed by atoms with Crippen molar-refractivity contribution in [1.29, 1.82) is 0 Å². The molecule has 0 bridgehead atoms. The first-order chi connectivity index (χ1) is 10.6. The second kappa shape index (κ2) is 4.71. The van der Waals surface area contributed by atoms with Gasteiger partial charge in [-0.2, -0.15) is 0 Å². The van der Waals surface area contributed by atoms with Gasteiger partial charge in [-0.05, 0) is 30.3 Å². The molecule has 0 fully saturated rings. The summed E-state index contributed by atoms with van der Waals surface area (Å²) in [4.78, 5) is 34.8. The first-order valence-electron chi connectivity index (χ1n) is 6.56. The van der Waals surface area contributed by atoms with Crippen molar-refractivity contribution >= 4 is 44.5 Å². The van der Waals surface area contributed by atoms with Crippen LogP contribution < -0.4 is 4.90 Å². The molecule has 0 atom stereocenters. The Morgan fingerprint density at radius 2 is 1.45 bits per heavy atom. The largest absolute Gasteiger partial charge is 0.286 e. The van der Waals surface area contributed by atoms with Crippen molar-refractivity contribution in [3.8, 4) is 0 Å². The number of carbonyl (C=O) groups is 2. The summed E-state index contributed by atoms with van der Waals surface area (Å²) >= 11 is 3.36. The van der Waals surface area contributed by atoms with Crippen LogP contribution in [0.4, 0.5) is 5.69 Å². The number of para-hydroxylation sites is 1. The molecule has 0 radical (unpaired) electrons. The zero-order chi connectivity index (χ0) is 15.3. The van der Waals surface area contributed by atoms with Crippen molar-refractivity contribution in [1.82, 2.24) is 9.97 Å². The fourth-order valence-corrected chi connectivity index (χ4v) is 2.79. The fraction of sp³-hybridized carbons (Fsp3) is 0. The predicted molar refractivity (Wildman–Crippen MR) is 84.8 cm³/mol. The van der Waals surface area contributed by atoms with Gasteiger partial charge in [0.15, 0.2) is 11.4 Å². The maximum atomic E-state index is 12.5. The fourth-order valence-electron chi connectivity index (χ4n) is 2.44. The van der Waals surface area contributed by atoms with E-state index in [2.05, 4.69) is 25.9 Å². The number of rotatable bonds is 1. The number of hydrogen-bond acceptors (Lipinski definition) is 4. The molecule has 0 saturated carbocycles. The summed E-state index contributed by atoms with van der Waals surface area (Å²) in [5.74, 6) is -0.885. The lowest BCUT2D eigenvalue weighted by Crippen LogP contribution is -2.29. The number of benzene rings is 2. The number of fused-ring (bicyclic) bond motifs is 2. The molecule has 2 amide bonds. The summed E-state index contributed by atoms with van der Waals surface area (Å²) in [5.41, 5.74) is 1.87. The summed E-state index contributed by atoms with van der Waals surface area (Å²) in [6.45, 7) is 0. The zero-order valence-electron chi connectivity index (χ0n) is 11.2. The molecule has 0 N–H and O–H groups in total. The number of aromatic nitrogens is 2. The normalized spacial score (nSPS) is 13.8. The molecule has 2 aromatic carbocycles. The number of amides is 2. The Bertz CT molecular complexity index is 941. The Morgan fingerprint density at radius 1 is 0.818 bits per heavy atom. The van der Waals surface area contributed by atoms with Crippen LogP contribution in [0.15, 0.2) is 53.0 Å². The molecular formula is C16H8BrN3O2. The number of halogens is 1. The van der Waals surface area contributed by atoms with E-state index in [1.54, 1.807) is 36.4 Å². The average molecular weight is 354 g/mol. The van der Waals surface area contributed by atoms with Crippen LogP contribution in [0.3, 0.4) is 0 Å². The van der Waals surface area contributed by atoms with Crippen LogP contribution in [0, 0.1) is 0 Å². The Hall–Kier alpha value is -2.60. The van der Waals surface area contributed by atoms with Gasteiger partial charge in [-0.3, -0.25) is 9.59 Å². The van der Waals surface area contributed by atoms with Gasteiger partial charge in [-0.1, -0.05) is 34.1 Å². The van der Waals surface area contributed by atoms with Crippen LogP contribution in [0.25, 0.3) is 11.0 Å². The minimum Gasteiger partial charge on any atom is -0.266 e. The van der Waals surface area contributed by atoms with Gasteiger partial charge >= 0.3 is 0 Å². The van der Waals surface area contributed by atoms with Gasteiger partial charge in [0.2, 0.25) is 0 Å². The zero-order valence-corrected chi connectivity index (χ0v) is 12.7. The molecule has 106 valence electrons. The highest BCUT2D eigenvalue weighted by Gasteiger charge is 2.39. The van der Waals surface area contributed by atoms with Crippen molar-refractivity contribution in [2.45, 2.75) is 0 Å². The Morgan fingerprint density at radius 3 is 2.14 bits per heavy atom. The van der Waals surface area contributed by atoms with Crippen molar-refractivity contribution in [3.63, 3.8) is 0 Å². The number of anilines is 1. The van der Waals surface area contributed by atoms with Crippen LogP contribution in [0.1, 0.15) is 21.0 Å². The van der Waals surface area contributed by atoms with E-state index >= 15 is 0 Å². The first kappa shape index (κ1) is 13.1. The number of nitrogens with zero attached hydrogens (tertiary/aromatic N) is 3. The average Bonchev–Trinajstić information content (AvgIpc) is 2.77. The lowest BCUT2D eigenvalue weighted by atomic mass is 10.2. The van der Waals surface area contributed by atoms with Crippen LogP contribution in [0.2, 0.25) is 0 Å². The third kappa shape index (κ3) is 1.84.